The van der Waals surface area contributed by atoms with E-state index in [1.807, 2.05) is 0 Å². The molecule has 0 saturated heterocycles. The zero-order valence-electron chi connectivity index (χ0n) is 12.9. The lowest BCUT2D eigenvalue weighted by Crippen LogP contribution is -2.21. The molecule has 112 valence electrons. The van der Waals surface area contributed by atoms with Gasteiger partial charge in [-0.25, -0.2) is 0 Å². The van der Waals surface area contributed by atoms with Crippen LogP contribution in [0, 0.1) is 6.92 Å². The fourth-order valence-corrected chi connectivity index (χ4v) is 2.94. The largest absolute Gasteiger partial charge is 0.316 e. The van der Waals surface area contributed by atoms with Crippen LogP contribution in [-0.4, -0.2) is 13.1 Å². The first kappa shape index (κ1) is 16.1. The second-order valence-corrected chi connectivity index (χ2v) is 5.96. The van der Waals surface area contributed by atoms with Crippen LogP contribution in [0.25, 0.3) is 0 Å². The van der Waals surface area contributed by atoms with E-state index in [9.17, 15) is 0 Å². The first-order valence-corrected chi connectivity index (χ1v) is 8.09. The molecule has 0 aliphatic rings. The minimum Gasteiger partial charge on any atom is -0.316 e. The zero-order chi connectivity index (χ0) is 15.1. The Kier molecular flexibility index (Phi) is 6.28. The van der Waals surface area contributed by atoms with Crippen LogP contribution in [0.2, 0.25) is 5.02 Å². The van der Waals surface area contributed by atoms with Crippen LogP contribution in [0.4, 0.5) is 0 Å². The molecule has 0 fully saturated rings. The van der Waals surface area contributed by atoms with Gasteiger partial charge in [0.1, 0.15) is 0 Å². The maximum Gasteiger partial charge on any atom is 0.0440 e. The van der Waals surface area contributed by atoms with Gasteiger partial charge in [-0.3, -0.25) is 0 Å². The molecule has 0 heterocycles. The van der Waals surface area contributed by atoms with Crippen LogP contribution < -0.4 is 5.32 Å². The van der Waals surface area contributed by atoms with Crippen molar-refractivity contribution in [1.29, 1.82) is 0 Å². The highest BCUT2D eigenvalue weighted by atomic mass is 35.5. The van der Waals surface area contributed by atoms with Gasteiger partial charge >= 0.3 is 0 Å². The summed E-state index contributed by atoms with van der Waals surface area (Å²) >= 11 is 6.35. The Morgan fingerprint density at radius 1 is 1.10 bits per heavy atom. The zero-order valence-corrected chi connectivity index (χ0v) is 13.7. The number of halogens is 1. The average molecular weight is 302 g/mol. The van der Waals surface area contributed by atoms with Gasteiger partial charge in [-0.1, -0.05) is 61.0 Å². The van der Waals surface area contributed by atoms with Crippen LogP contribution in [0.15, 0.2) is 48.5 Å². The van der Waals surface area contributed by atoms with Crippen molar-refractivity contribution in [2.45, 2.75) is 32.6 Å². The summed E-state index contributed by atoms with van der Waals surface area (Å²) in [5.41, 5.74) is 3.87. The molecule has 1 unspecified atom stereocenters. The summed E-state index contributed by atoms with van der Waals surface area (Å²) in [6, 6.07) is 17.1. The molecule has 0 aliphatic heterocycles. The molecule has 1 N–H and O–H groups in total. The SMILES string of the molecule is CCNCC(CCc1ccc(C)cc1Cl)c1ccccc1. The molecule has 0 spiro atoms. The number of hydrogen-bond donors (Lipinski definition) is 1. The van der Waals surface area contributed by atoms with Gasteiger partial charge in [-0.05, 0) is 55.0 Å². The fourth-order valence-electron chi connectivity index (χ4n) is 2.62. The standard InChI is InChI=1S/C19H24ClN/c1-3-21-14-18(16-7-5-4-6-8-16)12-11-17-10-9-15(2)13-19(17)20/h4-10,13,18,21H,3,11-12,14H2,1-2H3. The Balaban J connectivity index is 2.05. The molecule has 0 saturated carbocycles. The summed E-state index contributed by atoms with van der Waals surface area (Å²) in [5, 5.41) is 4.37. The summed E-state index contributed by atoms with van der Waals surface area (Å²) in [6.07, 6.45) is 2.13. The van der Waals surface area contributed by atoms with Crippen molar-refractivity contribution in [3.63, 3.8) is 0 Å². The summed E-state index contributed by atoms with van der Waals surface area (Å²) in [7, 11) is 0. The van der Waals surface area contributed by atoms with Crippen molar-refractivity contribution in [2.24, 2.45) is 0 Å². The molecule has 0 aliphatic carbocycles. The topological polar surface area (TPSA) is 12.0 Å². The van der Waals surface area contributed by atoms with E-state index < -0.39 is 0 Å². The third-order valence-corrected chi connectivity index (χ3v) is 4.23. The molecule has 2 aromatic rings. The maximum atomic E-state index is 6.35. The van der Waals surface area contributed by atoms with E-state index in [1.165, 1.54) is 16.7 Å². The number of benzene rings is 2. The Morgan fingerprint density at radius 3 is 2.52 bits per heavy atom. The van der Waals surface area contributed by atoms with Gasteiger partial charge in [0.05, 0.1) is 0 Å². The van der Waals surface area contributed by atoms with E-state index in [2.05, 4.69) is 67.7 Å². The molecule has 1 nitrogen and oxygen atoms in total. The van der Waals surface area contributed by atoms with Crippen molar-refractivity contribution in [3.05, 3.63) is 70.2 Å². The number of aryl methyl sites for hydroxylation is 2. The van der Waals surface area contributed by atoms with Gasteiger partial charge < -0.3 is 5.32 Å². The first-order chi connectivity index (χ1) is 10.2. The summed E-state index contributed by atoms with van der Waals surface area (Å²) < 4.78 is 0. The average Bonchev–Trinajstić information content (AvgIpc) is 2.50. The van der Waals surface area contributed by atoms with E-state index in [1.54, 1.807) is 0 Å². The predicted octanol–water partition coefficient (Wildman–Crippen LogP) is 4.97. The molecule has 0 aromatic heterocycles. The highest BCUT2D eigenvalue weighted by Gasteiger charge is 2.12. The predicted molar refractivity (Wildman–Crippen MR) is 92.2 cm³/mol. The third-order valence-electron chi connectivity index (χ3n) is 3.88. The van der Waals surface area contributed by atoms with Crippen molar-refractivity contribution in [3.8, 4) is 0 Å². The Labute approximate surface area is 133 Å². The lowest BCUT2D eigenvalue weighted by molar-refractivity contribution is 0.562. The molecule has 2 rings (SSSR count). The van der Waals surface area contributed by atoms with E-state index in [-0.39, 0.29) is 0 Å². The lowest BCUT2D eigenvalue weighted by atomic mass is 9.92. The summed E-state index contributed by atoms with van der Waals surface area (Å²) in [6.45, 7) is 6.26. The highest BCUT2D eigenvalue weighted by Crippen LogP contribution is 2.25. The molecule has 0 radical (unpaired) electrons. The van der Waals surface area contributed by atoms with Crippen LogP contribution in [0.3, 0.4) is 0 Å². The van der Waals surface area contributed by atoms with Crippen LogP contribution in [-0.2, 0) is 6.42 Å². The van der Waals surface area contributed by atoms with Crippen LogP contribution >= 0.6 is 11.6 Å². The van der Waals surface area contributed by atoms with Gasteiger partial charge in [-0.2, -0.15) is 0 Å². The van der Waals surface area contributed by atoms with E-state index in [4.69, 9.17) is 11.6 Å². The molecule has 2 aromatic carbocycles. The van der Waals surface area contributed by atoms with Crippen LogP contribution in [0.5, 0.6) is 0 Å². The van der Waals surface area contributed by atoms with Gasteiger partial charge in [0.15, 0.2) is 0 Å². The Hall–Kier alpha value is -1.31. The van der Waals surface area contributed by atoms with E-state index in [0.717, 1.165) is 31.0 Å². The number of nitrogens with one attached hydrogen (secondary N) is 1. The molecule has 0 amide bonds. The molecule has 0 bridgehead atoms. The van der Waals surface area contributed by atoms with E-state index in [0.29, 0.717) is 5.92 Å². The molecule has 21 heavy (non-hydrogen) atoms. The third kappa shape index (κ3) is 4.87. The smallest absolute Gasteiger partial charge is 0.0440 e. The summed E-state index contributed by atoms with van der Waals surface area (Å²) in [4.78, 5) is 0. The number of hydrogen-bond acceptors (Lipinski definition) is 1. The number of likely N-dealkylation sites (N-methyl/N-ethyl adjacent to an activating group) is 1. The van der Waals surface area contributed by atoms with Crippen molar-refractivity contribution < 1.29 is 0 Å². The quantitative estimate of drug-likeness (QED) is 0.761. The van der Waals surface area contributed by atoms with Gasteiger partial charge in [0.25, 0.3) is 0 Å². The summed E-state index contributed by atoms with van der Waals surface area (Å²) in [5.74, 6) is 0.531. The lowest BCUT2D eigenvalue weighted by Gasteiger charge is -2.18. The Morgan fingerprint density at radius 2 is 1.86 bits per heavy atom. The van der Waals surface area contributed by atoms with Crippen molar-refractivity contribution in [2.75, 3.05) is 13.1 Å². The maximum absolute atomic E-state index is 6.35. The second kappa shape index (κ2) is 8.21. The fraction of sp³-hybridized carbons (Fsp3) is 0.368. The molecular weight excluding hydrogens is 278 g/mol. The molecule has 2 heteroatoms. The van der Waals surface area contributed by atoms with E-state index >= 15 is 0 Å². The number of rotatable bonds is 7. The Bertz CT molecular complexity index is 551. The minimum absolute atomic E-state index is 0.531. The van der Waals surface area contributed by atoms with Gasteiger partial charge in [-0.15, -0.1) is 0 Å². The highest BCUT2D eigenvalue weighted by molar-refractivity contribution is 6.31. The monoisotopic (exact) mass is 301 g/mol. The van der Waals surface area contributed by atoms with Gasteiger partial charge in [0, 0.05) is 11.6 Å². The van der Waals surface area contributed by atoms with Crippen LogP contribution in [0.1, 0.15) is 36.0 Å². The minimum atomic E-state index is 0.531. The first-order valence-electron chi connectivity index (χ1n) is 7.71. The van der Waals surface area contributed by atoms with Crippen molar-refractivity contribution >= 4 is 11.6 Å². The van der Waals surface area contributed by atoms with Crippen molar-refractivity contribution in [1.82, 2.24) is 5.32 Å². The second-order valence-electron chi connectivity index (χ2n) is 5.55. The normalized spacial score (nSPS) is 12.3. The molecular formula is C19H24ClN. The molecule has 1 atom stereocenters. The van der Waals surface area contributed by atoms with Gasteiger partial charge in [0.2, 0.25) is 0 Å².